The fourth-order valence-electron chi connectivity index (χ4n) is 1.70. The number of nitroso groups, excluding NO2 is 1. The summed E-state index contributed by atoms with van der Waals surface area (Å²) in [5.74, 6) is -1.56. The third kappa shape index (κ3) is 2.55. The molecule has 0 aliphatic rings. The number of carbonyl (C=O) groups is 2. The fraction of sp³-hybridized carbons (Fsp3) is 0. The number of rotatable bonds is 4. The van der Waals surface area contributed by atoms with Crippen LogP contribution in [0.25, 0.3) is 0 Å². The summed E-state index contributed by atoms with van der Waals surface area (Å²) in [6.45, 7) is 0. The molecule has 94 valence electrons. The molecule has 0 saturated heterocycles. The lowest BCUT2D eigenvalue weighted by Gasteiger charge is -2.05. The van der Waals surface area contributed by atoms with Crippen molar-refractivity contribution < 1.29 is 14.7 Å². The van der Waals surface area contributed by atoms with Gasteiger partial charge in [0.15, 0.2) is 5.78 Å². The van der Waals surface area contributed by atoms with Gasteiger partial charge in [-0.05, 0) is 35.5 Å². The van der Waals surface area contributed by atoms with Crippen LogP contribution in [-0.2, 0) is 0 Å². The molecule has 5 nitrogen and oxygen atoms in total. The molecule has 0 aliphatic carbocycles. The maximum absolute atomic E-state index is 12.2. The molecule has 0 bridgehead atoms. The Labute approximate surface area is 108 Å². The minimum Gasteiger partial charge on any atom is -0.478 e. The number of benzene rings is 2. The second kappa shape index (κ2) is 5.22. The Bertz CT molecular complexity index is 647. The maximum atomic E-state index is 12.2. The van der Waals surface area contributed by atoms with E-state index in [1.54, 1.807) is 12.1 Å². The predicted molar refractivity (Wildman–Crippen MR) is 68.7 cm³/mol. The van der Waals surface area contributed by atoms with E-state index in [0.717, 1.165) is 0 Å². The molecule has 1 N–H and O–H groups in total. The van der Waals surface area contributed by atoms with Crippen LogP contribution >= 0.6 is 0 Å². The van der Waals surface area contributed by atoms with Gasteiger partial charge in [-0.3, -0.25) is 4.79 Å². The van der Waals surface area contributed by atoms with Crippen LogP contribution < -0.4 is 0 Å². The van der Waals surface area contributed by atoms with E-state index in [-0.39, 0.29) is 16.8 Å². The van der Waals surface area contributed by atoms with E-state index in [9.17, 15) is 14.5 Å². The first-order valence-electron chi connectivity index (χ1n) is 5.44. The van der Waals surface area contributed by atoms with Crippen LogP contribution in [0.15, 0.2) is 53.7 Å². The van der Waals surface area contributed by atoms with Gasteiger partial charge >= 0.3 is 5.97 Å². The van der Waals surface area contributed by atoms with Crippen LogP contribution in [0.3, 0.4) is 0 Å². The number of hydrogen-bond acceptors (Lipinski definition) is 4. The molecule has 5 heteroatoms. The summed E-state index contributed by atoms with van der Waals surface area (Å²) in [5, 5.41) is 11.8. The van der Waals surface area contributed by atoms with Gasteiger partial charge in [0.2, 0.25) is 0 Å². The molecule has 2 rings (SSSR count). The number of hydrogen-bond donors (Lipinski definition) is 1. The van der Waals surface area contributed by atoms with Crippen molar-refractivity contribution in [3.63, 3.8) is 0 Å². The van der Waals surface area contributed by atoms with E-state index in [0.29, 0.717) is 5.56 Å². The van der Waals surface area contributed by atoms with Crippen molar-refractivity contribution in [2.75, 3.05) is 0 Å². The third-order valence-electron chi connectivity index (χ3n) is 2.64. The van der Waals surface area contributed by atoms with Crippen LogP contribution in [0.2, 0.25) is 0 Å². The smallest absolute Gasteiger partial charge is 0.336 e. The number of carboxylic acids is 1. The molecule has 0 aromatic heterocycles. The van der Waals surface area contributed by atoms with Crippen molar-refractivity contribution >= 4 is 17.4 Å². The molecular weight excluding hydrogens is 246 g/mol. The Hall–Kier alpha value is -2.82. The molecule has 0 aliphatic heterocycles. The van der Waals surface area contributed by atoms with Gasteiger partial charge in [0.1, 0.15) is 5.69 Å². The fourth-order valence-corrected chi connectivity index (χ4v) is 1.70. The van der Waals surface area contributed by atoms with Gasteiger partial charge in [-0.2, -0.15) is 0 Å². The standard InChI is InChI=1S/C14H9NO4/c16-13(9-5-7-10(15-19)8-6-9)11-3-1-2-4-12(11)14(17)18/h1-8H,(H,17,18). The first-order chi connectivity index (χ1) is 9.13. The first kappa shape index (κ1) is 12.6. The van der Waals surface area contributed by atoms with Gasteiger partial charge in [-0.15, -0.1) is 4.91 Å². The quantitative estimate of drug-likeness (QED) is 0.672. The molecular formula is C14H9NO4. The minimum absolute atomic E-state index is 0.0508. The zero-order valence-electron chi connectivity index (χ0n) is 9.74. The highest BCUT2D eigenvalue weighted by Crippen LogP contribution is 2.18. The van der Waals surface area contributed by atoms with Crippen molar-refractivity contribution in [1.29, 1.82) is 0 Å². The van der Waals surface area contributed by atoms with Crippen molar-refractivity contribution in [2.24, 2.45) is 5.18 Å². The van der Waals surface area contributed by atoms with Gasteiger partial charge in [0.25, 0.3) is 0 Å². The zero-order chi connectivity index (χ0) is 13.8. The number of aromatic carboxylic acids is 1. The maximum Gasteiger partial charge on any atom is 0.336 e. The minimum atomic E-state index is -1.16. The van der Waals surface area contributed by atoms with E-state index in [2.05, 4.69) is 5.18 Å². The number of ketones is 1. The van der Waals surface area contributed by atoms with Crippen LogP contribution in [0, 0.1) is 4.91 Å². The average Bonchev–Trinajstić information content (AvgIpc) is 2.46. The molecule has 0 atom stereocenters. The summed E-state index contributed by atoms with van der Waals surface area (Å²) in [5.41, 5.74) is 0.580. The molecule has 0 fully saturated rings. The molecule has 0 heterocycles. The molecule has 0 radical (unpaired) electrons. The zero-order valence-corrected chi connectivity index (χ0v) is 9.74. The second-order valence-electron chi connectivity index (χ2n) is 3.82. The molecule has 0 saturated carbocycles. The van der Waals surface area contributed by atoms with E-state index >= 15 is 0 Å². The monoisotopic (exact) mass is 255 g/mol. The number of carboxylic acid groups (broad SMARTS) is 1. The summed E-state index contributed by atoms with van der Waals surface area (Å²) in [6, 6.07) is 11.7. The van der Waals surface area contributed by atoms with Crippen molar-refractivity contribution in [2.45, 2.75) is 0 Å². The number of carbonyl (C=O) groups excluding carboxylic acids is 1. The van der Waals surface area contributed by atoms with E-state index < -0.39 is 11.8 Å². The highest BCUT2D eigenvalue weighted by molar-refractivity contribution is 6.14. The Morgan fingerprint density at radius 1 is 0.895 bits per heavy atom. The van der Waals surface area contributed by atoms with Crippen LogP contribution in [0.1, 0.15) is 26.3 Å². The average molecular weight is 255 g/mol. The van der Waals surface area contributed by atoms with E-state index in [4.69, 9.17) is 5.11 Å². The molecule has 0 unspecified atom stereocenters. The van der Waals surface area contributed by atoms with E-state index in [1.165, 1.54) is 36.4 Å². The van der Waals surface area contributed by atoms with Gasteiger partial charge in [-0.1, -0.05) is 18.2 Å². The summed E-state index contributed by atoms with van der Waals surface area (Å²) in [4.78, 5) is 33.5. The molecule has 0 spiro atoms. The van der Waals surface area contributed by atoms with Crippen molar-refractivity contribution in [3.8, 4) is 0 Å². The van der Waals surface area contributed by atoms with Crippen molar-refractivity contribution in [3.05, 3.63) is 70.1 Å². The number of nitrogens with zero attached hydrogens (tertiary/aromatic N) is 1. The first-order valence-corrected chi connectivity index (χ1v) is 5.44. The summed E-state index contributed by atoms with van der Waals surface area (Å²) < 4.78 is 0. The van der Waals surface area contributed by atoms with Gasteiger partial charge in [-0.25, -0.2) is 4.79 Å². The summed E-state index contributed by atoms with van der Waals surface area (Å²) in [7, 11) is 0. The molecule has 0 amide bonds. The topological polar surface area (TPSA) is 83.8 Å². The van der Waals surface area contributed by atoms with Crippen molar-refractivity contribution in [1.82, 2.24) is 0 Å². The second-order valence-corrected chi connectivity index (χ2v) is 3.82. The summed E-state index contributed by atoms with van der Waals surface area (Å²) >= 11 is 0. The van der Waals surface area contributed by atoms with Crippen LogP contribution in [0.4, 0.5) is 5.69 Å². The normalized spacial score (nSPS) is 9.89. The Morgan fingerprint density at radius 3 is 2.00 bits per heavy atom. The van der Waals surface area contributed by atoms with Gasteiger partial charge in [0, 0.05) is 11.1 Å². The van der Waals surface area contributed by atoms with Gasteiger partial charge < -0.3 is 5.11 Å². The lowest BCUT2D eigenvalue weighted by Crippen LogP contribution is -2.09. The molecule has 2 aromatic carbocycles. The largest absolute Gasteiger partial charge is 0.478 e. The van der Waals surface area contributed by atoms with Crippen LogP contribution in [0.5, 0.6) is 0 Å². The third-order valence-corrected chi connectivity index (χ3v) is 2.64. The lowest BCUT2D eigenvalue weighted by molar-refractivity contribution is 0.0693. The molecule has 19 heavy (non-hydrogen) atoms. The molecule has 2 aromatic rings. The lowest BCUT2D eigenvalue weighted by atomic mass is 9.98. The van der Waals surface area contributed by atoms with Gasteiger partial charge in [0.05, 0.1) is 5.56 Å². The highest BCUT2D eigenvalue weighted by atomic mass is 16.4. The highest BCUT2D eigenvalue weighted by Gasteiger charge is 2.17. The summed E-state index contributed by atoms with van der Waals surface area (Å²) in [6.07, 6.45) is 0. The Balaban J connectivity index is 2.43. The van der Waals surface area contributed by atoms with Crippen LogP contribution in [-0.4, -0.2) is 16.9 Å². The van der Waals surface area contributed by atoms with E-state index in [1.807, 2.05) is 0 Å². The SMILES string of the molecule is O=Nc1ccc(C(=O)c2ccccc2C(=O)O)cc1. The Kier molecular flexibility index (Phi) is 3.47. The predicted octanol–water partition coefficient (Wildman–Crippen LogP) is 3.01. The Morgan fingerprint density at radius 2 is 1.47 bits per heavy atom.